The number of halogens is 3. The van der Waals surface area contributed by atoms with Gasteiger partial charge in [-0.2, -0.15) is 13.2 Å². The molecule has 1 heterocycles. The predicted molar refractivity (Wildman–Crippen MR) is 49.0 cm³/mol. The number of carboxylic acids is 1. The molecule has 1 aromatic rings. The minimum Gasteiger partial charge on any atom is -0.481 e. The molecule has 0 fully saturated rings. The molecule has 90 valence electrons. The minimum atomic E-state index is -4.60. The summed E-state index contributed by atoms with van der Waals surface area (Å²) in [5.74, 6) is -1.49. The molecule has 1 atom stereocenters. The summed E-state index contributed by atoms with van der Waals surface area (Å²) in [5.41, 5.74) is 0.781. The number of carboxylic acid groups (broad SMARTS) is 1. The van der Waals surface area contributed by atoms with Crippen LogP contribution in [-0.4, -0.2) is 26.8 Å². The van der Waals surface area contributed by atoms with Gasteiger partial charge in [-0.3, -0.25) is 4.79 Å². The van der Waals surface area contributed by atoms with Crippen molar-refractivity contribution in [3.63, 3.8) is 0 Å². The van der Waals surface area contributed by atoms with Gasteiger partial charge < -0.3 is 9.67 Å². The maximum atomic E-state index is 12.6. The van der Waals surface area contributed by atoms with Crippen molar-refractivity contribution < 1.29 is 23.1 Å². The topological polar surface area (TPSA) is 55.1 Å². The number of hydrogen-bond donors (Lipinski definition) is 1. The summed E-state index contributed by atoms with van der Waals surface area (Å²) in [6.45, 7) is 3.04. The molecule has 0 aromatic carbocycles. The highest BCUT2D eigenvalue weighted by molar-refractivity contribution is 5.67. The van der Waals surface area contributed by atoms with Crippen LogP contribution in [-0.2, 0) is 4.79 Å². The number of imidazole rings is 1. The molecule has 0 aliphatic rings. The Hall–Kier alpha value is -1.53. The van der Waals surface area contributed by atoms with E-state index in [1.807, 2.05) is 0 Å². The SMILES string of the molecule is Cc1ncn(C(CC(=O)O)C(F)(F)F)c1C. The average molecular weight is 236 g/mol. The molecule has 0 amide bonds. The van der Waals surface area contributed by atoms with E-state index in [1.54, 1.807) is 6.92 Å². The van der Waals surface area contributed by atoms with Gasteiger partial charge in [-0.15, -0.1) is 0 Å². The van der Waals surface area contributed by atoms with Gasteiger partial charge in [0.25, 0.3) is 0 Å². The summed E-state index contributed by atoms with van der Waals surface area (Å²) in [5, 5.41) is 8.47. The molecule has 0 aliphatic heterocycles. The van der Waals surface area contributed by atoms with Gasteiger partial charge in [-0.25, -0.2) is 4.98 Å². The van der Waals surface area contributed by atoms with E-state index in [-0.39, 0.29) is 0 Å². The average Bonchev–Trinajstić information content (AvgIpc) is 2.42. The first kappa shape index (κ1) is 12.5. The monoisotopic (exact) mass is 236 g/mol. The van der Waals surface area contributed by atoms with Gasteiger partial charge in [0.2, 0.25) is 0 Å². The van der Waals surface area contributed by atoms with E-state index in [4.69, 9.17) is 5.11 Å². The van der Waals surface area contributed by atoms with Crippen LogP contribution in [0.2, 0.25) is 0 Å². The van der Waals surface area contributed by atoms with Crippen LogP contribution in [0.15, 0.2) is 6.33 Å². The van der Waals surface area contributed by atoms with Gasteiger partial charge >= 0.3 is 12.1 Å². The molecule has 7 heteroatoms. The van der Waals surface area contributed by atoms with E-state index in [2.05, 4.69) is 4.98 Å². The first-order valence-electron chi connectivity index (χ1n) is 4.52. The molecular formula is C9H11F3N2O2. The van der Waals surface area contributed by atoms with E-state index in [0.717, 1.165) is 10.9 Å². The second kappa shape index (κ2) is 4.15. The zero-order valence-corrected chi connectivity index (χ0v) is 8.75. The lowest BCUT2D eigenvalue weighted by Crippen LogP contribution is -2.29. The van der Waals surface area contributed by atoms with E-state index in [9.17, 15) is 18.0 Å². The van der Waals surface area contributed by atoms with Crippen LogP contribution < -0.4 is 0 Å². The van der Waals surface area contributed by atoms with Crippen LogP contribution in [0.4, 0.5) is 13.2 Å². The van der Waals surface area contributed by atoms with Crippen molar-refractivity contribution in [2.24, 2.45) is 0 Å². The third-order valence-electron chi connectivity index (χ3n) is 2.37. The van der Waals surface area contributed by atoms with Crippen LogP contribution in [0.1, 0.15) is 23.9 Å². The molecule has 0 spiro atoms. The fourth-order valence-corrected chi connectivity index (χ4v) is 1.37. The Balaban J connectivity index is 3.11. The number of aryl methyl sites for hydroxylation is 1. The molecule has 1 unspecified atom stereocenters. The fraction of sp³-hybridized carbons (Fsp3) is 0.556. The van der Waals surface area contributed by atoms with Crippen LogP contribution in [0.25, 0.3) is 0 Å². The highest BCUT2D eigenvalue weighted by atomic mass is 19.4. The normalized spacial score (nSPS) is 13.8. The Morgan fingerprint density at radius 3 is 2.44 bits per heavy atom. The molecule has 0 saturated heterocycles. The van der Waals surface area contributed by atoms with Crippen molar-refractivity contribution in [2.45, 2.75) is 32.5 Å². The molecule has 16 heavy (non-hydrogen) atoms. The third-order valence-corrected chi connectivity index (χ3v) is 2.37. The molecule has 0 aliphatic carbocycles. The molecule has 0 radical (unpaired) electrons. The van der Waals surface area contributed by atoms with E-state index >= 15 is 0 Å². The summed E-state index contributed by atoms with van der Waals surface area (Å²) in [6, 6.07) is -2.06. The number of nitrogens with zero attached hydrogens (tertiary/aromatic N) is 2. The zero-order chi connectivity index (χ0) is 12.5. The van der Waals surface area contributed by atoms with Gasteiger partial charge in [0.15, 0.2) is 0 Å². The van der Waals surface area contributed by atoms with Gasteiger partial charge in [0, 0.05) is 5.69 Å². The van der Waals surface area contributed by atoms with Crippen LogP contribution in [0.3, 0.4) is 0 Å². The van der Waals surface area contributed by atoms with Crippen LogP contribution >= 0.6 is 0 Å². The molecule has 0 saturated carbocycles. The summed E-state index contributed by atoms with van der Waals surface area (Å²) in [6.07, 6.45) is -4.58. The number of aromatic nitrogens is 2. The van der Waals surface area contributed by atoms with E-state index < -0.39 is 24.6 Å². The van der Waals surface area contributed by atoms with Crippen molar-refractivity contribution >= 4 is 5.97 Å². The quantitative estimate of drug-likeness (QED) is 0.874. The number of carbonyl (C=O) groups is 1. The highest BCUT2D eigenvalue weighted by Gasteiger charge is 2.42. The third kappa shape index (κ3) is 2.53. The fourth-order valence-electron chi connectivity index (χ4n) is 1.37. The first-order valence-corrected chi connectivity index (χ1v) is 4.52. The summed E-state index contributed by atoms with van der Waals surface area (Å²) >= 11 is 0. The number of alkyl halides is 3. The second-order valence-corrected chi connectivity index (χ2v) is 3.48. The summed E-state index contributed by atoms with van der Waals surface area (Å²) in [4.78, 5) is 14.1. The lowest BCUT2D eigenvalue weighted by molar-refractivity contribution is -0.177. The second-order valence-electron chi connectivity index (χ2n) is 3.48. The maximum absolute atomic E-state index is 12.6. The van der Waals surface area contributed by atoms with Crippen molar-refractivity contribution in [2.75, 3.05) is 0 Å². The zero-order valence-electron chi connectivity index (χ0n) is 8.75. The molecule has 1 rings (SSSR count). The van der Waals surface area contributed by atoms with Gasteiger partial charge in [-0.05, 0) is 13.8 Å². The molecule has 1 N–H and O–H groups in total. The van der Waals surface area contributed by atoms with Crippen molar-refractivity contribution in [1.29, 1.82) is 0 Å². The lowest BCUT2D eigenvalue weighted by Gasteiger charge is -2.21. The maximum Gasteiger partial charge on any atom is 0.409 e. The van der Waals surface area contributed by atoms with E-state index in [1.165, 1.54) is 6.92 Å². The molecular weight excluding hydrogens is 225 g/mol. The smallest absolute Gasteiger partial charge is 0.409 e. The molecule has 1 aromatic heterocycles. The van der Waals surface area contributed by atoms with Crippen LogP contribution in [0.5, 0.6) is 0 Å². The van der Waals surface area contributed by atoms with Crippen molar-refractivity contribution in [3.8, 4) is 0 Å². The van der Waals surface area contributed by atoms with Gasteiger partial charge in [-0.1, -0.05) is 0 Å². The molecule has 4 nitrogen and oxygen atoms in total. The Morgan fingerprint density at radius 2 is 2.12 bits per heavy atom. The summed E-state index contributed by atoms with van der Waals surface area (Å²) < 4.78 is 38.8. The lowest BCUT2D eigenvalue weighted by atomic mass is 10.2. The number of hydrogen-bond acceptors (Lipinski definition) is 2. The van der Waals surface area contributed by atoms with Gasteiger partial charge in [0.1, 0.15) is 6.04 Å². The van der Waals surface area contributed by atoms with E-state index in [0.29, 0.717) is 11.4 Å². The highest BCUT2D eigenvalue weighted by Crippen LogP contribution is 2.34. The first-order chi connectivity index (χ1) is 7.23. The predicted octanol–water partition coefficient (Wildman–Crippen LogP) is 2.08. The largest absolute Gasteiger partial charge is 0.481 e. The number of aliphatic carboxylic acids is 1. The van der Waals surface area contributed by atoms with Crippen LogP contribution in [0, 0.1) is 13.8 Å². The van der Waals surface area contributed by atoms with Gasteiger partial charge in [0.05, 0.1) is 18.4 Å². The summed E-state index contributed by atoms with van der Waals surface area (Å²) in [7, 11) is 0. The Morgan fingerprint density at radius 1 is 1.56 bits per heavy atom. The van der Waals surface area contributed by atoms with Crippen molar-refractivity contribution in [3.05, 3.63) is 17.7 Å². The standard InChI is InChI=1S/C9H11F3N2O2/c1-5-6(2)14(4-13-5)7(3-8(15)16)9(10,11)12/h4,7H,3H2,1-2H3,(H,15,16). The Bertz CT molecular complexity index is 398. The minimum absolute atomic E-state index is 0.323. The van der Waals surface area contributed by atoms with Crippen molar-refractivity contribution in [1.82, 2.24) is 9.55 Å². The Kier molecular flexibility index (Phi) is 3.25. The molecule has 0 bridgehead atoms. The number of rotatable bonds is 3. The Labute approximate surface area is 89.7 Å².